The van der Waals surface area contributed by atoms with E-state index in [0.717, 1.165) is 23.9 Å². The third-order valence-corrected chi connectivity index (χ3v) is 6.34. The number of nitrogens with two attached hydrogens (primary N) is 2. The number of primary sulfonamides is 1. The molecule has 8 nitrogen and oxygen atoms in total. The molecule has 0 saturated heterocycles. The molecule has 1 amide bonds. The van der Waals surface area contributed by atoms with Gasteiger partial charge in [-0.2, -0.15) is 23.0 Å². The second-order valence-electron chi connectivity index (χ2n) is 7.92. The van der Waals surface area contributed by atoms with E-state index in [1.165, 1.54) is 12.1 Å². The summed E-state index contributed by atoms with van der Waals surface area (Å²) < 4.78 is 77.1. The van der Waals surface area contributed by atoms with Crippen molar-refractivity contribution < 1.29 is 30.8 Å². The molecular formula is C24H19F4N5O3S. The van der Waals surface area contributed by atoms with Gasteiger partial charge in [0.1, 0.15) is 5.82 Å². The Labute approximate surface area is 208 Å². The van der Waals surface area contributed by atoms with Crippen LogP contribution in [0.3, 0.4) is 0 Å². The van der Waals surface area contributed by atoms with Gasteiger partial charge in [0.15, 0.2) is 5.69 Å². The van der Waals surface area contributed by atoms with Gasteiger partial charge in [-0.15, -0.1) is 0 Å². The second kappa shape index (κ2) is 9.76. The summed E-state index contributed by atoms with van der Waals surface area (Å²) >= 11 is 0. The monoisotopic (exact) mass is 533 g/mol. The van der Waals surface area contributed by atoms with E-state index < -0.39 is 38.6 Å². The normalized spacial score (nSPS) is 11.9. The van der Waals surface area contributed by atoms with Crippen LogP contribution in [0.15, 0.2) is 77.8 Å². The van der Waals surface area contributed by atoms with Crippen LogP contribution in [0.1, 0.15) is 11.3 Å². The van der Waals surface area contributed by atoms with Gasteiger partial charge in [-0.25, -0.2) is 22.7 Å². The molecule has 0 atom stereocenters. The number of hydrogen-bond donors (Lipinski definition) is 3. The molecule has 0 aliphatic heterocycles. The Hall–Kier alpha value is -4.07. The topological polar surface area (TPSA) is 133 Å². The van der Waals surface area contributed by atoms with E-state index >= 15 is 0 Å². The van der Waals surface area contributed by atoms with E-state index in [1.807, 2.05) is 0 Å². The van der Waals surface area contributed by atoms with E-state index in [0.29, 0.717) is 28.4 Å². The highest BCUT2D eigenvalue weighted by atomic mass is 32.2. The van der Waals surface area contributed by atoms with Crippen LogP contribution in [0.4, 0.5) is 28.0 Å². The number of amides is 1. The highest BCUT2D eigenvalue weighted by Gasteiger charge is 2.34. The Kier molecular flexibility index (Phi) is 6.86. The standard InChI is InChI=1S/C24H19F4N5O3S/c25-20-12-17(37(30,35)36)6-8-18(20)16-5-7-19(15-3-1-14(13-29)2-4-15)21(11-16)31-23(34)33-10-9-22(32-33)24(26,27)28/h1-12H,13,29H2,(H,31,34)(H2,30,35,36). The molecule has 0 fully saturated rings. The van der Waals surface area contributed by atoms with Gasteiger partial charge >= 0.3 is 12.2 Å². The molecule has 5 N–H and O–H groups in total. The minimum Gasteiger partial charge on any atom is -0.326 e. The predicted octanol–water partition coefficient (Wildman–Crippen LogP) is 4.56. The van der Waals surface area contributed by atoms with Crippen LogP contribution in [0, 0.1) is 5.82 Å². The van der Waals surface area contributed by atoms with E-state index in [1.54, 1.807) is 36.4 Å². The number of nitrogens with one attached hydrogen (secondary N) is 1. The lowest BCUT2D eigenvalue weighted by atomic mass is 9.97. The molecule has 0 saturated carbocycles. The first-order valence-corrected chi connectivity index (χ1v) is 12.1. The number of carbonyl (C=O) groups excluding carboxylic acids is 1. The summed E-state index contributed by atoms with van der Waals surface area (Å²) in [6, 6.07) is 14.3. The van der Waals surface area contributed by atoms with Gasteiger partial charge < -0.3 is 11.1 Å². The number of nitrogens with zero attached hydrogens (tertiary/aromatic N) is 2. The highest BCUT2D eigenvalue weighted by Crippen LogP contribution is 2.35. The molecule has 0 bridgehead atoms. The summed E-state index contributed by atoms with van der Waals surface area (Å²) in [4.78, 5) is 12.3. The lowest BCUT2D eigenvalue weighted by Gasteiger charge is -2.15. The van der Waals surface area contributed by atoms with Crippen molar-refractivity contribution in [3.05, 3.63) is 90.0 Å². The van der Waals surface area contributed by atoms with E-state index in [9.17, 15) is 30.8 Å². The summed E-state index contributed by atoms with van der Waals surface area (Å²) in [6.07, 6.45) is -3.87. The number of benzene rings is 3. The zero-order chi connectivity index (χ0) is 27.0. The van der Waals surface area contributed by atoms with Crippen molar-refractivity contribution in [1.82, 2.24) is 9.78 Å². The Bertz CT molecular complexity index is 1580. The van der Waals surface area contributed by atoms with Gasteiger partial charge in [0.05, 0.1) is 10.6 Å². The van der Waals surface area contributed by atoms with Gasteiger partial charge in [0.2, 0.25) is 10.0 Å². The molecule has 0 unspecified atom stereocenters. The van der Waals surface area contributed by atoms with Crippen LogP contribution in [0.25, 0.3) is 22.3 Å². The van der Waals surface area contributed by atoms with Crippen LogP contribution in [0.2, 0.25) is 0 Å². The van der Waals surface area contributed by atoms with Crippen molar-refractivity contribution >= 4 is 21.7 Å². The number of halogens is 4. The highest BCUT2D eigenvalue weighted by molar-refractivity contribution is 7.89. The fourth-order valence-electron chi connectivity index (χ4n) is 3.55. The number of hydrogen-bond acceptors (Lipinski definition) is 5. The molecule has 1 heterocycles. The van der Waals surface area contributed by atoms with Crippen molar-refractivity contribution in [2.75, 3.05) is 5.32 Å². The molecular weight excluding hydrogens is 514 g/mol. The summed E-state index contributed by atoms with van der Waals surface area (Å²) in [5.74, 6) is -0.884. The molecule has 13 heteroatoms. The van der Waals surface area contributed by atoms with Crippen molar-refractivity contribution in [2.24, 2.45) is 10.9 Å². The fourth-order valence-corrected chi connectivity index (χ4v) is 4.08. The summed E-state index contributed by atoms with van der Waals surface area (Å²) in [6.45, 7) is 0.303. The maximum absolute atomic E-state index is 14.8. The number of rotatable bonds is 5. The van der Waals surface area contributed by atoms with Gasteiger partial charge in [0.25, 0.3) is 0 Å². The lowest BCUT2D eigenvalue weighted by molar-refractivity contribution is -0.141. The Morgan fingerprint density at radius 3 is 2.16 bits per heavy atom. The Balaban J connectivity index is 1.77. The van der Waals surface area contributed by atoms with Crippen LogP contribution < -0.4 is 16.2 Å². The molecule has 4 aromatic rings. The summed E-state index contributed by atoms with van der Waals surface area (Å²) in [5, 5.41) is 10.8. The molecule has 37 heavy (non-hydrogen) atoms. The minimum absolute atomic E-state index is 0.00590. The molecule has 4 rings (SSSR count). The van der Waals surface area contributed by atoms with Gasteiger partial charge in [-0.3, -0.25) is 0 Å². The number of anilines is 1. The maximum Gasteiger partial charge on any atom is 0.435 e. The van der Waals surface area contributed by atoms with E-state index in [2.05, 4.69) is 10.4 Å². The summed E-state index contributed by atoms with van der Waals surface area (Å²) in [7, 11) is -4.13. The second-order valence-corrected chi connectivity index (χ2v) is 9.48. The van der Waals surface area contributed by atoms with Crippen LogP contribution >= 0.6 is 0 Å². The first kappa shape index (κ1) is 26.0. The van der Waals surface area contributed by atoms with Gasteiger partial charge in [-0.05, 0) is 41.0 Å². The van der Waals surface area contributed by atoms with Crippen molar-refractivity contribution in [3.63, 3.8) is 0 Å². The lowest BCUT2D eigenvalue weighted by Crippen LogP contribution is -2.21. The fraction of sp³-hybridized carbons (Fsp3) is 0.0833. The molecule has 192 valence electrons. The van der Waals surface area contributed by atoms with Crippen molar-refractivity contribution in [2.45, 2.75) is 17.6 Å². The van der Waals surface area contributed by atoms with E-state index in [4.69, 9.17) is 10.9 Å². The SMILES string of the molecule is NCc1ccc(-c2ccc(-c3ccc(S(N)(=O)=O)cc3F)cc2NC(=O)n2ccc(C(F)(F)F)n2)cc1. The smallest absolute Gasteiger partial charge is 0.326 e. The number of sulfonamides is 1. The average molecular weight is 534 g/mol. The maximum atomic E-state index is 14.8. The van der Waals surface area contributed by atoms with Crippen molar-refractivity contribution in [1.29, 1.82) is 0 Å². The zero-order valence-corrected chi connectivity index (χ0v) is 19.6. The van der Waals surface area contributed by atoms with Gasteiger partial charge in [0, 0.05) is 23.9 Å². The molecule has 1 aromatic heterocycles. The van der Waals surface area contributed by atoms with Crippen LogP contribution in [-0.2, 0) is 22.7 Å². The largest absolute Gasteiger partial charge is 0.435 e. The molecule has 0 spiro atoms. The van der Waals surface area contributed by atoms with Gasteiger partial charge in [-0.1, -0.05) is 42.5 Å². The van der Waals surface area contributed by atoms with E-state index in [-0.39, 0.29) is 16.8 Å². The molecule has 3 aromatic carbocycles. The molecule has 0 radical (unpaired) electrons. The predicted molar refractivity (Wildman–Crippen MR) is 128 cm³/mol. The van der Waals surface area contributed by atoms with Crippen molar-refractivity contribution in [3.8, 4) is 22.3 Å². The number of alkyl halides is 3. The number of carbonyl (C=O) groups is 1. The Morgan fingerprint density at radius 1 is 0.946 bits per heavy atom. The first-order chi connectivity index (χ1) is 17.4. The van der Waals surface area contributed by atoms with Crippen LogP contribution in [-0.4, -0.2) is 24.2 Å². The first-order valence-electron chi connectivity index (χ1n) is 10.6. The minimum atomic E-state index is -4.73. The van der Waals surface area contributed by atoms with Crippen LogP contribution in [0.5, 0.6) is 0 Å². The zero-order valence-electron chi connectivity index (χ0n) is 18.8. The quantitative estimate of drug-likeness (QED) is 0.324. The Morgan fingerprint density at radius 2 is 1.59 bits per heavy atom. The summed E-state index contributed by atoms with van der Waals surface area (Å²) in [5.41, 5.74) is 6.76. The third-order valence-electron chi connectivity index (χ3n) is 5.43. The molecule has 0 aliphatic rings. The molecule has 0 aliphatic carbocycles. The number of aromatic nitrogens is 2. The third kappa shape index (κ3) is 5.69. The average Bonchev–Trinajstić information content (AvgIpc) is 3.35.